The second-order valence-corrected chi connectivity index (χ2v) is 9.17. The second kappa shape index (κ2) is 12.4. The Morgan fingerprint density at radius 1 is 1.22 bits per heavy atom. The number of phosphoric acid groups is 1. The van der Waals surface area contributed by atoms with Gasteiger partial charge in [0.05, 0.1) is 19.3 Å². The van der Waals surface area contributed by atoms with Crippen molar-refractivity contribution >= 4 is 19.6 Å². The first-order chi connectivity index (χ1) is 15.0. The molecule has 2 fully saturated rings. The lowest BCUT2D eigenvalue weighted by Gasteiger charge is -2.42. The molecular formula is C18H33N2O11P. The molecule has 0 aromatic carbocycles. The molecule has 2 saturated heterocycles. The summed E-state index contributed by atoms with van der Waals surface area (Å²) in [6.45, 7) is 1.13. The fourth-order valence-corrected chi connectivity index (χ4v) is 4.22. The van der Waals surface area contributed by atoms with E-state index in [9.17, 15) is 29.5 Å². The van der Waals surface area contributed by atoms with Crippen molar-refractivity contribution in [3.63, 3.8) is 0 Å². The largest absolute Gasteiger partial charge is 0.469 e. The van der Waals surface area contributed by atoms with Gasteiger partial charge in [0.15, 0.2) is 6.29 Å². The Morgan fingerprint density at radius 3 is 2.56 bits per heavy atom. The van der Waals surface area contributed by atoms with Gasteiger partial charge in [0.2, 0.25) is 11.8 Å². The van der Waals surface area contributed by atoms with E-state index in [1.54, 1.807) is 4.90 Å². The first-order valence-corrected chi connectivity index (χ1v) is 12.1. The number of aliphatic hydroxyl groups excluding tert-OH is 3. The van der Waals surface area contributed by atoms with Crippen LogP contribution in [0.15, 0.2) is 0 Å². The zero-order chi connectivity index (χ0) is 23.9. The molecule has 0 aliphatic carbocycles. The molecule has 2 amide bonds. The summed E-state index contributed by atoms with van der Waals surface area (Å²) in [5.41, 5.74) is 0. The van der Waals surface area contributed by atoms with Crippen molar-refractivity contribution in [1.82, 2.24) is 10.2 Å². The van der Waals surface area contributed by atoms with Gasteiger partial charge in [-0.3, -0.25) is 14.1 Å². The number of hydrogen-bond acceptors (Lipinski definition) is 9. The molecule has 0 spiro atoms. The number of carbonyl (C=O) groups is 2. The molecule has 2 aliphatic heterocycles. The third-order valence-corrected chi connectivity index (χ3v) is 5.94. The van der Waals surface area contributed by atoms with Crippen molar-refractivity contribution < 1.29 is 53.3 Å². The lowest BCUT2D eigenvalue weighted by atomic mass is 9.97. The van der Waals surface area contributed by atoms with Crippen molar-refractivity contribution in [2.45, 2.75) is 75.7 Å². The summed E-state index contributed by atoms with van der Waals surface area (Å²) in [5, 5.41) is 32.0. The predicted molar refractivity (Wildman–Crippen MR) is 108 cm³/mol. The Kier molecular flexibility index (Phi) is 10.5. The van der Waals surface area contributed by atoms with Gasteiger partial charge in [0.1, 0.15) is 24.4 Å². The maximum Gasteiger partial charge on any atom is 0.469 e. The number of unbranched alkanes of at least 4 members (excludes halogenated alkanes) is 1. The van der Waals surface area contributed by atoms with Crippen LogP contribution in [0.25, 0.3) is 0 Å². The Morgan fingerprint density at radius 2 is 1.94 bits per heavy atom. The number of hydrogen-bond donors (Lipinski definition) is 6. The standard InChI is InChI=1S/C18H33N2O11P/c1-11(22)19-15-17(25)16(24)13(9-21)31-18(15)29-8-3-2-6-14(23)20-7-4-5-12(20)10-30-32(26,27)28/h12-13,15-18,21,24-25H,2-10H2,1H3,(H,19,22)(H2,26,27,28)/t12-,13?,15?,16-,17?,18+/m0/s1. The van der Waals surface area contributed by atoms with Gasteiger partial charge < -0.3 is 44.8 Å². The summed E-state index contributed by atoms with van der Waals surface area (Å²) in [6.07, 6.45) is -2.46. The highest BCUT2D eigenvalue weighted by Gasteiger charge is 2.45. The quantitative estimate of drug-likeness (QED) is 0.143. The van der Waals surface area contributed by atoms with E-state index < -0.39 is 51.0 Å². The van der Waals surface area contributed by atoms with Crippen LogP contribution in [0.3, 0.4) is 0 Å². The predicted octanol–water partition coefficient (Wildman–Crippen LogP) is -1.78. The summed E-state index contributed by atoms with van der Waals surface area (Å²) < 4.78 is 26.5. The topological polar surface area (TPSA) is 195 Å². The van der Waals surface area contributed by atoms with E-state index in [1.807, 2.05) is 0 Å². The van der Waals surface area contributed by atoms with Gasteiger partial charge in [-0.25, -0.2) is 4.57 Å². The maximum atomic E-state index is 12.5. The second-order valence-electron chi connectivity index (χ2n) is 7.93. The van der Waals surface area contributed by atoms with Crippen molar-refractivity contribution in [3.8, 4) is 0 Å². The number of amides is 2. The van der Waals surface area contributed by atoms with Crippen LogP contribution in [0.1, 0.15) is 39.0 Å². The minimum absolute atomic E-state index is 0.139. The van der Waals surface area contributed by atoms with Crippen LogP contribution < -0.4 is 5.32 Å². The number of aliphatic hydroxyl groups is 3. The molecule has 6 N–H and O–H groups in total. The Bertz CT molecular complexity index is 675. The van der Waals surface area contributed by atoms with Gasteiger partial charge in [0, 0.05) is 26.5 Å². The summed E-state index contributed by atoms with van der Waals surface area (Å²) in [6, 6.07) is -1.39. The molecule has 32 heavy (non-hydrogen) atoms. The SMILES string of the molecule is CC(=O)NC1C(O)[C@@H](O)C(CO)O[C@H]1OCCCCC(=O)N1CCC[C@H]1COP(=O)(O)O. The van der Waals surface area contributed by atoms with Crippen LogP contribution in [0.2, 0.25) is 0 Å². The van der Waals surface area contributed by atoms with Crippen molar-refractivity contribution in [2.24, 2.45) is 0 Å². The zero-order valence-corrected chi connectivity index (χ0v) is 18.8. The normalized spacial score (nSPS) is 31.0. The molecule has 3 unspecified atom stereocenters. The Hall–Kier alpha value is -1.15. The van der Waals surface area contributed by atoms with E-state index in [0.29, 0.717) is 25.8 Å². The van der Waals surface area contributed by atoms with E-state index in [-0.39, 0.29) is 31.6 Å². The van der Waals surface area contributed by atoms with Crippen LogP contribution in [-0.4, -0.2) is 105 Å². The van der Waals surface area contributed by atoms with Gasteiger partial charge in [-0.05, 0) is 25.7 Å². The summed E-state index contributed by atoms with van der Waals surface area (Å²) in [7, 11) is -4.59. The van der Waals surface area contributed by atoms with Gasteiger partial charge in [-0.2, -0.15) is 0 Å². The van der Waals surface area contributed by atoms with Gasteiger partial charge in [0.25, 0.3) is 0 Å². The molecule has 6 atom stereocenters. The Labute approximate surface area is 185 Å². The highest BCUT2D eigenvalue weighted by Crippen LogP contribution is 2.37. The lowest BCUT2D eigenvalue weighted by Crippen LogP contribution is -2.64. The third-order valence-electron chi connectivity index (χ3n) is 5.45. The highest BCUT2D eigenvalue weighted by molar-refractivity contribution is 7.46. The van der Waals surface area contributed by atoms with Crippen LogP contribution in [0, 0.1) is 0 Å². The molecule has 0 radical (unpaired) electrons. The van der Waals surface area contributed by atoms with E-state index in [4.69, 9.17) is 19.3 Å². The molecule has 0 aromatic rings. The average molecular weight is 484 g/mol. The first kappa shape index (κ1) is 27.1. The molecule has 0 saturated carbocycles. The van der Waals surface area contributed by atoms with Gasteiger partial charge in [-0.15, -0.1) is 0 Å². The molecule has 2 rings (SSSR count). The minimum atomic E-state index is -4.59. The summed E-state index contributed by atoms with van der Waals surface area (Å²) >= 11 is 0. The van der Waals surface area contributed by atoms with Crippen LogP contribution >= 0.6 is 7.82 Å². The monoisotopic (exact) mass is 484 g/mol. The molecule has 2 heterocycles. The Balaban J connectivity index is 1.77. The number of ether oxygens (including phenoxy) is 2. The third kappa shape index (κ3) is 8.01. The number of rotatable bonds is 11. The van der Waals surface area contributed by atoms with E-state index in [1.165, 1.54) is 6.92 Å². The smallest absolute Gasteiger partial charge is 0.394 e. The average Bonchev–Trinajstić information content (AvgIpc) is 3.19. The van der Waals surface area contributed by atoms with E-state index in [0.717, 1.165) is 6.42 Å². The van der Waals surface area contributed by atoms with Crippen LogP contribution in [0.5, 0.6) is 0 Å². The van der Waals surface area contributed by atoms with Crippen LogP contribution in [-0.2, 0) is 28.2 Å². The van der Waals surface area contributed by atoms with Gasteiger partial charge >= 0.3 is 7.82 Å². The number of likely N-dealkylation sites (tertiary alicyclic amines) is 1. The van der Waals surface area contributed by atoms with Crippen molar-refractivity contribution in [2.75, 3.05) is 26.4 Å². The van der Waals surface area contributed by atoms with Crippen molar-refractivity contribution in [1.29, 1.82) is 0 Å². The van der Waals surface area contributed by atoms with Crippen LogP contribution in [0.4, 0.5) is 0 Å². The fraction of sp³-hybridized carbons (Fsp3) is 0.889. The van der Waals surface area contributed by atoms with Crippen molar-refractivity contribution in [3.05, 3.63) is 0 Å². The maximum absolute atomic E-state index is 12.5. The molecule has 0 aromatic heterocycles. The lowest BCUT2D eigenvalue weighted by molar-refractivity contribution is -0.270. The number of phosphoric ester groups is 1. The molecule has 14 heteroatoms. The zero-order valence-electron chi connectivity index (χ0n) is 17.9. The molecule has 186 valence electrons. The molecular weight excluding hydrogens is 451 g/mol. The van der Waals surface area contributed by atoms with E-state index in [2.05, 4.69) is 9.84 Å². The number of nitrogens with zero attached hydrogens (tertiary/aromatic N) is 1. The molecule has 2 aliphatic rings. The summed E-state index contributed by atoms with van der Waals surface area (Å²) in [4.78, 5) is 43.1. The number of carbonyl (C=O) groups excluding carboxylic acids is 2. The summed E-state index contributed by atoms with van der Waals surface area (Å²) in [5.74, 6) is -0.597. The minimum Gasteiger partial charge on any atom is -0.394 e. The molecule has 0 bridgehead atoms. The van der Waals surface area contributed by atoms with E-state index >= 15 is 0 Å². The fourth-order valence-electron chi connectivity index (χ4n) is 3.85. The highest BCUT2D eigenvalue weighted by atomic mass is 31.2. The number of nitrogens with one attached hydrogen (secondary N) is 1. The molecule has 13 nitrogen and oxygen atoms in total. The van der Waals surface area contributed by atoms with Gasteiger partial charge in [-0.1, -0.05) is 0 Å². The first-order valence-electron chi connectivity index (χ1n) is 10.5.